The van der Waals surface area contributed by atoms with Gasteiger partial charge in [0.1, 0.15) is 0 Å². The highest BCUT2D eigenvalue weighted by molar-refractivity contribution is 5.91. The molecule has 0 aliphatic carbocycles. The number of hydrogen-bond acceptors (Lipinski definition) is 4. The molecule has 0 radical (unpaired) electrons. The number of nitrogens with zero attached hydrogens (tertiary/aromatic N) is 1. The van der Waals surface area contributed by atoms with Crippen molar-refractivity contribution in [3.63, 3.8) is 0 Å². The zero-order chi connectivity index (χ0) is 16.5. The number of benzene rings is 1. The molecule has 1 aromatic carbocycles. The standard InChI is InChI=1S/C17H27N3O3/c1-22-15-9-7-8-14(16(15)23-2)19-17(21)18-10-3-4-11-20-12-5-6-13-20/h7-9H,3-6,10-13H2,1-2H3,(H2,18,19,21). The molecule has 0 aromatic heterocycles. The van der Waals surface area contributed by atoms with E-state index in [0.717, 1.165) is 19.4 Å². The molecule has 1 saturated heterocycles. The third-order valence-corrected chi connectivity index (χ3v) is 4.04. The summed E-state index contributed by atoms with van der Waals surface area (Å²) < 4.78 is 10.5. The van der Waals surface area contributed by atoms with Crippen LogP contribution in [-0.2, 0) is 0 Å². The topological polar surface area (TPSA) is 62.8 Å². The summed E-state index contributed by atoms with van der Waals surface area (Å²) in [6, 6.07) is 5.17. The largest absolute Gasteiger partial charge is 0.493 e. The average molecular weight is 321 g/mol. The number of likely N-dealkylation sites (tertiary alicyclic amines) is 1. The molecule has 1 aliphatic heterocycles. The van der Waals surface area contributed by atoms with Gasteiger partial charge in [-0.05, 0) is 57.5 Å². The molecule has 0 spiro atoms. The molecule has 23 heavy (non-hydrogen) atoms. The van der Waals surface area contributed by atoms with Crippen molar-refractivity contribution in [3.05, 3.63) is 18.2 Å². The summed E-state index contributed by atoms with van der Waals surface area (Å²) in [5, 5.41) is 5.68. The van der Waals surface area contributed by atoms with Crippen LogP contribution in [0, 0.1) is 0 Å². The van der Waals surface area contributed by atoms with Crippen molar-refractivity contribution < 1.29 is 14.3 Å². The van der Waals surface area contributed by atoms with Gasteiger partial charge in [-0.25, -0.2) is 4.79 Å². The van der Waals surface area contributed by atoms with Crippen molar-refractivity contribution in [3.8, 4) is 11.5 Å². The molecule has 0 unspecified atom stereocenters. The fourth-order valence-corrected chi connectivity index (χ4v) is 2.82. The highest BCUT2D eigenvalue weighted by Gasteiger charge is 2.12. The van der Waals surface area contributed by atoms with Crippen LogP contribution < -0.4 is 20.1 Å². The average Bonchev–Trinajstić information content (AvgIpc) is 3.07. The van der Waals surface area contributed by atoms with E-state index in [2.05, 4.69) is 15.5 Å². The normalized spacial score (nSPS) is 14.5. The summed E-state index contributed by atoms with van der Waals surface area (Å²) in [6.07, 6.45) is 4.74. The second-order valence-electron chi connectivity index (χ2n) is 5.68. The van der Waals surface area contributed by atoms with Crippen LogP contribution in [0.2, 0.25) is 0 Å². The molecular weight excluding hydrogens is 294 g/mol. The summed E-state index contributed by atoms with van der Waals surface area (Å²) in [6.45, 7) is 4.26. The monoisotopic (exact) mass is 321 g/mol. The Bertz CT molecular complexity index is 502. The van der Waals surface area contributed by atoms with Crippen LogP contribution in [0.15, 0.2) is 18.2 Å². The Morgan fingerprint density at radius 2 is 1.96 bits per heavy atom. The van der Waals surface area contributed by atoms with Crippen molar-refractivity contribution in [2.75, 3.05) is 45.7 Å². The zero-order valence-electron chi connectivity index (χ0n) is 14.1. The first-order valence-electron chi connectivity index (χ1n) is 8.23. The predicted octanol–water partition coefficient (Wildman–Crippen LogP) is 2.70. The van der Waals surface area contributed by atoms with Crippen LogP contribution in [0.1, 0.15) is 25.7 Å². The number of urea groups is 1. The summed E-state index contributed by atoms with van der Waals surface area (Å²) in [4.78, 5) is 14.5. The number of unbranched alkanes of at least 4 members (excludes halogenated alkanes) is 1. The van der Waals surface area contributed by atoms with Crippen molar-refractivity contribution in [2.45, 2.75) is 25.7 Å². The first-order chi connectivity index (χ1) is 11.2. The lowest BCUT2D eigenvalue weighted by molar-refractivity contribution is 0.251. The van der Waals surface area contributed by atoms with Gasteiger partial charge in [0, 0.05) is 6.54 Å². The Morgan fingerprint density at radius 1 is 1.17 bits per heavy atom. The zero-order valence-corrected chi connectivity index (χ0v) is 14.1. The summed E-state index contributed by atoms with van der Waals surface area (Å²) in [5.41, 5.74) is 0.599. The first kappa shape index (κ1) is 17.4. The third-order valence-electron chi connectivity index (χ3n) is 4.04. The van der Waals surface area contributed by atoms with Gasteiger partial charge in [0.05, 0.1) is 19.9 Å². The lowest BCUT2D eigenvalue weighted by Gasteiger charge is -2.15. The highest BCUT2D eigenvalue weighted by atomic mass is 16.5. The quantitative estimate of drug-likeness (QED) is 0.723. The van der Waals surface area contributed by atoms with Crippen LogP contribution in [0.25, 0.3) is 0 Å². The van der Waals surface area contributed by atoms with Crippen LogP contribution in [0.5, 0.6) is 11.5 Å². The number of hydrogen-bond donors (Lipinski definition) is 2. The molecule has 1 heterocycles. The van der Waals surface area contributed by atoms with Gasteiger partial charge in [0.15, 0.2) is 11.5 Å². The van der Waals surface area contributed by atoms with Crippen LogP contribution in [0.4, 0.5) is 10.5 Å². The Kier molecular flexibility index (Phi) is 7.00. The lowest BCUT2D eigenvalue weighted by atomic mass is 10.2. The number of carbonyl (C=O) groups excluding carboxylic acids is 1. The van der Waals surface area contributed by atoms with Crippen molar-refractivity contribution in [1.82, 2.24) is 10.2 Å². The van der Waals surface area contributed by atoms with E-state index in [0.29, 0.717) is 23.7 Å². The van der Waals surface area contributed by atoms with Gasteiger partial charge in [-0.15, -0.1) is 0 Å². The van der Waals surface area contributed by atoms with Crippen molar-refractivity contribution >= 4 is 11.7 Å². The Morgan fingerprint density at radius 3 is 2.65 bits per heavy atom. The number of anilines is 1. The maximum absolute atomic E-state index is 12.0. The number of amides is 2. The van der Waals surface area contributed by atoms with E-state index >= 15 is 0 Å². The van der Waals surface area contributed by atoms with Gasteiger partial charge in [0.25, 0.3) is 0 Å². The molecule has 2 amide bonds. The minimum Gasteiger partial charge on any atom is -0.493 e. The minimum absolute atomic E-state index is 0.224. The Hall–Kier alpha value is -1.95. The number of carbonyl (C=O) groups is 1. The molecule has 2 rings (SSSR count). The molecule has 6 heteroatoms. The lowest BCUT2D eigenvalue weighted by Crippen LogP contribution is -2.30. The number of nitrogens with one attached hydrogen (secondary N) is 2. The van der Waals surface area contributed by atoms with E-state index in [1.54, 1.807) is 26.4 Å². The summed E-state index contributed by atoms with van der Waals surface area (Å²) >= 11 is 0. The minimum atomic E-state index is -0.224. The fourth-order valence-electron chi connectivity index (χ4n) is 2.82. The van der Waals surface area contributed by atoms with Gasteiger partial charge in [-0.1, -0.05) is 6.07 Å². The Labute approximate surface area is 138 Å². The van der Waals surface area contributed by atoms with E-state index in [4.69, 9.17) is 9.47 Å². The molecule has 1 aliphatic rings. The molecule has 2 N–H and O–H groups in total. The molecule has 1 aromatic rings. The van der Waals surface area contributed by atoms with Crippen LogP contribution in [-0.4, -0.2) is 51.3 Å². The number of para-hydroxylation sites is 1. The number of rotatable bonds is 8. The number of ether oxygens (including phenoxy) is 2. The van der Waals surface area contributed by atoms with E-state index in [9.17, 15) is 4.79 Å². The number of methoxy groups -OCH3 is 2. The van der Waals surface area contributed by atoms with Gasteiger partial charge >= 0.3 is 6.03 Å². The fraction of sp³-hybridized carbons (Fsp3) is 0.588. The SMILES string of the molecule is COc1cccc(NC(=O)NCCCCN2CCCC2)c1OC. The predicted molar refractivity (Wildman–Crippen MR) is 91.5 cm³/mol. The maximum Gasteiger partial charge on any atom is 0.319 e. The highest BCUT2D eigenvalue weighted by Crippen LogP contribution is 2.34. The molecule has 0 atom stereocenters. The second kappa shape index (κ2) is 9.25. The van der Waals surface area contributed by atoms with Crippen LogP contribution >= 0.6 is 0 Å². The summed E-state index contributed by atoms with van der Waals surface area (Å²) in [7, 11) is 3.13. The molecule has 1 fully saturated rings. The van der Waals surface area contributed by atoms with Gasteiger partial charge in [-0.3, -0.25) is 0 Å². The Balaban J connectivity index is 1.70. The van der Waals surface area contributed by atoms with Gasteiger partial charge in [-0.2, -0.15) is 0 Å². The maximum atomic E-state index is 12.0. The molecule has 128 valence electrons. The van der Waals surface area contributed by atoms with E-state index in [1.807, 2.05) is 6.07 Å². The first-order valence-corrected chi connectivity index (χ1v) is 8.23. The molecular formula is C17H27N3O3. The van der Waals surface area contributed by atoms with E-state index in [-0.39, 0.29) is 6.03 Å². The molecule has 0 saturated carbocycles. The molecule has 0 bridgehead atoms. The van der Waals surface area contributed by atoms with Crippen molar-refractivity contribution in [2.24, 2.45) is 0 Å². The second-order valence-corrected chi connectivity index (χ2v) is 5.68. The third kappa shape index (κ3) is 5.32. The van der Waals surface area contributed by atoms with Crippen molar-refractivity contribution in [1.29, 1.82) is 0 Å². The van der Waals surface area contributed by atoms with Crippen LogP contribution in [0.3, 0.4) is 0 Å². The summed E-state index contributed by atoms with van der Waals surface area (Å²) in [5.74, 6) is 1.12. The van der Waals surface area contributed by atoms with Gasteiger partial charge < -0.3 is 25.0 Å². The van der Waals surface area contributed by atoms with E-state index in [1.165, 1.54) is 25.9 Å². The smallest absolute Gasteiger partial charge is 0.319 e. The molecule has 6 nitrogen and oxygen atoms in total. The van der Waals surface area contributed by atoms with E-state index < -0.39 is 0 Å². The van der Waals surface area contributed by atoms with Gasteiger partial charge in [0.2, 0.25) is 0 Å².